The van der Waals surface area contributed by atoms with E-state index < -0.39 is 17.9 Å². The highest BCUT2D eigenvalue weighted by Crippen LogP contribution is 2.21. The van der Waals surface area contributed by atoms with Gasteiger partial charge in [0.05, 0.1) is 23.9 Å². The molecule has 2 heterocycles. The zero-order valence-electron chi connectivity index (χ0n) is 18.5. The molecular weight excluding hydrogens is 456 g/mol. The van der Waals surface area contributed by atoms with E-state index in [4.69, 9.17) is 9.15 Å². The molecule has 2 aromatic carbocycles. The molecule has 1 unspecified atom stereocenters. The molecule has 3 N–H and O–H groups in total. The number of hydrogen-bond acceptors (Lipinski definition) is 7. The number of hydrogen-bond donors (Lipinski definition) is 3. The Morgan fingerprint density at radius 3 is 2.65 bits per heavy atom. The number of furan rings is 1. The second-order valence-electron chi connectivity index (χ2n) is 7.47. The van der Waals surface area contributed by atoms with Gasteiger partial charge in [-0.3, -0.25) is 30.6 Å². The van der Waals surface area contributed by atoms with Crippen molar-refractivity contribution in [3.8, 4) is 5.75 Å². The van der Waals surface area contributed by atoms with E-state index in [-0.39, 0.29) is 12.3 Å². The summed E-state index contributed by atoms with van der Waals surface area (Å²) in [6, 6.07) is 15.0. The Morgan fingerprint density at radius 1 is 1.09 bits per heavy atom. The molecule has 0 saturated carbocycles. The summed E-state index contributed by atoms with van der Waals surface area (Å²) in [5.74, 6) is -0.244. The van der Waals surface area contributed by atoms with E-state index in [1.165, 1.54) is 17.6 Å². The van der Waals surface area contributed by atoms with Crippen LogP contribution in [0.3, 0.4) is 0 Å². The molecule has 4 aromatic rings. The number of anilines is 1. The quantitative estimate of drug-likeness (QED) is 0.349. The van der Waals surface area contributed by atoms with Crippen LogP contribution in [0.15, 0.2) is 64.6 Å². The lowest BCUT2D eigenvalue weighted by Gasteiger charge is -2.15. The number of hydrazine groups is 1. The van der Waals surface area contributed by atoms with E-state index in [2.05, 4.69) is 21.2 Å². The van der Waals surface area contributed by atoms with Gasteiger partial charge in [0, 0.05) is 5.38 Å². The molecule has 9 nitrogen and oxygen atoms in total. The zero-order chi connectivity index (χ0) is 24.1. The molecule has 0 aliphatic rings. The molecule has 174 valence electrons. The highest BCUT2D eigenvalue weighted by molar-refractivity contribution is 7.14. The minimum absolute atomic E-state index is 0.0721. The molecule has 1 atom stereocenters. The van der Waals surface area contributed by atoms with Gasteiger partial charge in [-0.25, -0.2) is 4.98 Å². The maximum atomic E-state index is 12.3. The lowest BCUT2D eigenvalue weighted by molar-refractivity contribution is -0.132. The number of carbonyl (C=O) groups is 3. The summed E-state index contributed by atoms with van der Waals surface area (Å²) >= 11 is 1.19. The van der Waals surface area contributed by atoms with Crippen LogP contribution in [0.5, 0.6) is 5.75 Å². The molecule has 0 fully saturated rings. The Morgan fingerprint density at radius 2 is 1.88 bits per heavy atom. The van der Waals surface area contributed by atoms with Gasteiger partial charge in [0.15, 0.2) is 11.2 Å². The summed E-state index contributed by atoms with van der Waals surface area (Å²) in [5, 5.41) is 6.75. The van der Waals surface area contributed by atoms with E-state index in [1.54, 1.807) is 31.4 Å². The third kappa shape index (κ3) is 5.59. The molecule has 0 saturated heterocycles. The first-order valence-electron chi connectivity index (χ1n) is 10.4. The predicted octanol–water partition coefficient (Wildman–Crippen LogP) is 3.61. The molecule has 0 aliphatic heterocycles. The summed E-state index contributed by atoms with van der Waals surface area (Å²) in [4.78, 5) is 41.0. The van der Waals surface area contributed by atoms with Gasteiger partial charge in [0.1, 0.15) is 11.5 Å². The van der Waals surface area contributed by atoms with E-state index in [9.17, 15) is 14.4 Å². The monoisotopic (exact) mass is 478 g/mol. The maximum absolute atomic E-state index is 12.3. The first-order valence-corrected chi connectivity index (χ1v) is 11.3. The molecule has 10 heteroatoms. The predicted molar refractivity (Wildman–Crippen MR) is 128 cm³/mol. The van der Waals surface area contributed by atoms with E-state index in [0.717, 1.165) is 10.8 Å². The molecular formula is C24H22N4O5S. The van der Waals surface area contributed by atoms with E-state index >= 15 is 0 Å². The van der Waals surface area contributed by atoms with Crippen LogP contribution in [-0.2, 0) is 16.0 Å². The SMILES string of the molecule is Cc1occc1C(=O)Nc1nc(CC(=O)NNC(=O)C(C)Oc2ccc3ccccc3c2)cs1. The van der Waals surface area contributed by atoms with Gasteiger partial charge >= 0.3 is 0 Å². The Labute approximate surface area is 199 Å². The molecule has 0 bridgehead atoms. The van der Waals surface area contributed by atoms with Crippen molar-refractivity contribution in [2.45, 2.75) is 26.4 Å². The van der Waals surface area contributed by atoms with Crippen molar-refractivity contribution in [1.29, 1.82) is 0 Å². The van der Waals surface area contributed by atoms with E-state index in [0.29, 0.717) is 27.9 Å². The normalized spacial score (nSPS) is 11.6. The summed E-state index contributed by atoms with van der Waals surface area (Å²) in [6.45, 7) is 3.28. The maximum Gasteiger partial charge on any atom is 0.279 e. The minimum atomic E-state index is -0.825. The first-order chi connectivity index (χ1) is 16.4. The molecule has 0 spiro atoms. The average Bonchev–Trinajstić information content (AvgIpc) is 3.45. The lowest BCUT2D eigenvalue weighted by Crippen LogP contribution is -2.47. The van der Waals surface area contributed by atoms with Gasteiger partial charge < -0.3 is 9.15 Å². The molecule has 4 rings (SSSR count). The van der Waals surface area contributed by atoms with Crippen molar-refractivity contribution < 1.29 is 23.5 Å². The Kier molecular flexibility index (Phi) is 6.88. The number of rotatable bonds is 7. The van der Waals surface area contributed by atoms with Crippen molar-refractivity contribution in [3.05, 3.63) is 77.2 Å². The number of nitrogens with zero attached hydrogens (tertiary/aromatic N) is 1. The van der Waals surface area contributed by atoms with Gasteiger partial charge in [0.25, 0.3) is 11.8 Å². The molecule has 0 aliphatic carbocycles. The number of aryl methyl sites for hydroxylation is 1. The fraction of sp³-hybridized carbons (Fsp3) is 0.167. The number of fused-ring (bicyclic) bond motifs is 1. The van der Waals surface area contributed by atoms with Crippen molar-refractivity contribution in [1.82, 2.24) is 15.8 Å². The number of nitrogens with one attached hydrogen (secondary N) is 3. The van der Waals surface area contributed by atoms with Gasteiger partial charge in [-0.1, -0.05) is 30.3 Å². The van der Waals surface area contributed by atoms with Crippen LogP contribution in [0.1, 0.15) is 28.7 Å². The summed E-state index contributed by atoms with van der Waals surface area (Å²) in [7, 11) is 0. The van der Waals surface area contributed by atoms with Crippen molar-refractivity contribution in [2.75, 3.05) is 5.32 Å². The van der Waals surface area contributed by atoms with Gasteiger partial charge in [-0.15, -0.1) is 11.3 Å². The highest BCUT2D eigenvalue weighted by atomic mass is 32.1. The molecule has 3 amide bonds. The second-order valence-corrected chi connectivity index (χ2v) is 8.33. The van der Waals surface area contributed by atoms with Gasteiger partial charge in [-0.2, -0.15) is 0 Å². The van der Waals surface area contributed by atoms with Crippen molar-refractivity contribution in [2.24, 2.45) is 0 Å². The molecule has 2 aromatic heterocycles. The Hall–Kier alpha value is -4.18. The van der Waals surface area contributed by atoms with Crippen LogP contribution in [0.4, 0.5) is 5.13 Å². The van der Waals surface area contributed by atoms with Crippen LogP contribution in [-0.4, -0.2) is 28.8 Å². The number of amides is 3. The van der Waals surface area contributed by atoms with Crippen molar-refractivity contribution in [3.63, 3.8) is 0 Å². The Bertz CT molecular complexity index is 1350. The summed E-state index contributed by atoms with van der Waals surface area (Å²) in [5.41, 5.74) is 5.58. The average molecular weight is 479 g/mol. The summed E-state index contributed by atoms with van der Waals surface area (Å²) in [6.07, 6.45) is 0.537. The third-order valence-electron chi connectivity index (χ3n) is 4.95. The fourth-order valence-corrected chi connectivity index (χ4v) is 3.88. The van der Waals surface area contributed by atoms with Gasteiger partial charge in [-0.05, 0) is 42.8 Å². The fourth-order valence-electron chi connectivity index (χ4n) is 3.17. The number of benzene rings is 2. The molecule has 34 heavy (non-hydrogen) atoms. The van der Waals surface area contributed by atoms with Gasteiger partial charge in [0.2, 0.25) is 5.91 Å². The summed E-state index contributed by atoms with van der Waals surface area (Å²) < 4.78 is 10.8. The smallest absolute Gasteiger partial charge is 0.279 e. The highest BCUT2D eigenvalue weighted by Gasteiger charge is 2.17. The lowest BCUT2D eigenvalue weighted by atomic mass is 10.1. The number of ether oxygens (including phenoxy) is 1. The number of aromatic nitrogens is 1. The van der Waals surface area contributed by atoms with Crippen LogP contribution >= 0.6 is 11.3 Å². The van der Waals surface area contributed by atoms with Crippen LogP contribution < -0.4 is 20.9 Å². The minimum Gasteiger partial charge on any atom is -0.481 e. The first kappa shape index (κ1) is 23.0. The number of carbonyl (C=O) groups excluding carboxylic acids is 3. The number of thiazole rings is 1. The Balaban J connectivity index is 1.24. The van der Waals surface area contributed by atoms with Crippen LogP contribution in [0.2, 0.25) is 0 Å². The van der Waals surface area contributed by atoms with Crippen molar-refractivity contribution >= 4 is 45.0 Å². The standard InChI is InChI=1S/C24H22N4O5S/c1-14-20(9-10-32-14)23(31)26-24-25-18(13-34-24)12-21(29)27-28-22(30)15(2)33-19-8-7-16-5-3-4-6-17(16)11-19/h3-11,13,15H,12H2,1-2H3,(H,27,29)(H,28,30)(H,25,26,31). The zero-order valence-corrected chi connectivity index (χ0v) is 19.3. The third-order valence-corrected chi connectivity index (χ3v) is 5.75. The van der Waals surface area contributed by atoms with Crippen LogP contribution in [0, 0.1) is 6.92 Å². The van der Waals surface area contributed by atoms with E-state index in [1.807, 2.05) is 36.4 Å². The largest absolute Gasteiger partial charge is 0.481 e. The second kappa shape index (κ2) is 10.2. The molecule has 0 radical (unpaired) electrons. The topological polar surface area (TPSA) is 123 Å². The van der Waals surface area contributed by atoms with Crippen LogP contribution in [0.25, 0.3) is 10.8 Å².